The number of carbonyl (C=O) groups excluding carboxylic acids is 1. The molecule has 2 rings (SSSR count). The summed E-state index contributed by atoms with van der Waals surface area (Å²) in [6.45, 7) is 6.77. The van der Waals surface area contributed by atoms with Crippen LogP contribution < -0.4 is 5.32 Å². The van der Waals surface area contributed by atoms with E-state index in [9.17, 15) is 4.79 Å². The van der Waals surface area contributed by atoms with Crippen LogP contribution in [0.15, 0.2) is 0 Å². The van der Waals surface area contributed by atoms with Crippen molar-refractivity contribution in [2.45, 2.75) is 70.4 Å². The van der Waals surface area contributed by atoms with Crippen LogP contribution in [0, 0.1) is 5.92 Å². The Morgan fingerprint density at radius 3 is 2.52 bits per heavy atom. The minimum Gasteiger partial charge on any atom is -0.465 e. The first-order chi connectivity index (χ1) is 10.1. The van der Waals surface area contributed by atoms with Crippen LogP contribution in [0.3, 0.4) is 0 Å². The van der Waals surface area contributed by atoms with Crippen molar-refractivity contribution >= 4 is 5.97 Å². The van der Waals surface area contributed by atoms with Crippen molar-refractivity contribution in [3.05, 3.63) is 0 Å². The molecule has 122 valence electrons. The third-order valence-electron chi connectivity index (χ3n) is 4.90. The van der Waals surface area contributed by atoms with Crippen LogP contribution in [0.5, 0.6) is 0 Å². The minimum absolute atomic E-state index is 0.121. The second-order valence-corrected chi connectivity index (χ2v) is 6.93. The summed E-state index contributed by atoms with van der Waals surface area (Å²) in [4.78, 5) is 14.7. The van der Waals surface area contributed by atoms with Crippen LogP contribution in [0.2, 0.25) is 0 Å². The average molecular weight is 296 g/mol. The molecular weight excluding hydrogens is 264 g/mol. The first kappa shape index (κ1) is 16.8. The summed E-state index contributed by atoms with van der Waals surface area (Å²) in [5.74, 6) is 0.859. The highest BCUT2D eigenvalue weighted by Crippen LogP contribution is 2.35. The predicted molar refractivity (Wildman–Crippen MR) is 85.3 cm³/mol. The molecule has 4 nitrogen and oxygen atoms in total. The molecule has 2 fully saturated rings. The lowest BCUT2D eigenvalue weighted by molar-refractivity contribution is -0.150. The summed E-state index contributed by atoms with van der Waals surface area (Å²) in [6, 6.07) is 0.867. The van der Waals surface area contributed by atoms with E-state index in [1.807, 2.05) is 20.9 Å². The van der Waals surface area contributed by atoms with Crippen molar-refractivity contribution in [1.82, 2.24) is 10.2 Å². The number of hydrogen-bond donors (Lipinski definition) is 1. The number of rotatable bonds is 11. The SMILES string of the molecule is CCOC(=O)C(C)(CCCCN(CC1CC1)C1CC1)NC. The molecular formula is C17H32N2O2. The normalized spacial score (nSPS) is 21.3. The van der Waals surface area contributed by atoms with Gasteiger partial charge < -0.3 is 15.0 Å². The number of carbonyl (C=O) groups is 1. The van der Waals surface area contributed by atoms with Crippen LogP contribution >= 0.6 is 0 Å². The van der Waals surface area contributed by atoms with E-state index in [-0.39, 0.29) is 5.97 Å². The van der Waals surface area contributed by atoms with Gasteiger partial charge in [-0.25, -0.2) is 0 Å². The summed E-state index contributed by atoms with van der Waals surface area (Å²) in [5, 5.41) is 3.14. The third kappa shape index (κ3) is 5.26. The second kappa shape index (κ2) is 7.59. The van der Waals surface area contributed by atoms with Crippen molar-refractivity contribution in [3.8, 4) is 0 Å². The van der Waals surface area contributed by atoms with Gasteiger partial charge in [-0.05, 0) is 78.3 Å². The fraction of sp³-hybridized carbons (Fsp3) is 0.941. The Balaban J connectivity index is 1.67. The maximum Gasteiger partial charge on any atom is 0.326 e. The van der Waals surface area contributed by atoms with Gasteiger partial charge in [-0.15, -0.1) is 0 Å². The number of nitrogens with zero attached hydrogens (tertiary/aromatic N) is 1. The van der Waals surface area contributed by atoms with E-state index >= 15 is 0 Å². The molecule has 1 unspecified atom stereocenters. The Morgan fingerprint density at radius 2 is 2.00 bits per heavy atom. The molecule has 0 aromatic carbocycles. The molecule has 2 aliphatic rings. The largest absolute Gasteiger partial charge is 0.465 e. The molecule has 1 N–H and O–H groups in total. The van der Waals surface area contributed by atoms with Gasteiger partial charge in [0.1, 0.15) is 5.54 Å². The molecule has 21 heavy (non-hydrogen) atoms. The fourth-order valence-corrected chi connectivity index (χ4v) is 2.91. The molecule has 0 saturated heterocycles. The van der Waals surface area contributed by atoms with Gasteiger partial charge in [0.2, 0.25) is 0 Å². The van der Waals surface area contributed by atoms with Crippen molar-refractivity contribution < 1.29 is 9.53 Å². The van der Waals surface area contributed by atoms with E-state index < -0.39 is 5.54 Å². The summed E-state index contributed by atoms with van der Waals surface area (Å²) < 4.78 is 5.17. The maximum atomic E-state index is 12.0. The van der Waals surface area contributed by atoms with Gasteiger partial charge in [0.05, 0.1) is 6.61 Å². The third-order valence-corrected chi connectivity index (χ3v) is 4.90. The smallest absolute Gasteiger partial charge is 0.326 e. The van der Waals surface area contributed by atoms with Gasteiger partial charge in [0, 0.05) is 12.6 Å². The molecule has 0 bridgehead atoms. The van der Waals surface area contributed by atoms with E-state index in [4.69, 9.17) is 4.74 Å². The van der Waals surface area contributed by atoms with E-state index in [0.717, 1.165) is 24.8 Å². The highest BCUT2D eigenvalue weighted by Gasteiger charge is 2.34. The quantitative estimate of drug-likeness (QED) is 0.470. The molecule has 0 aromatic heterocycles. The van der Waals surface area contributed by atoms with E-state index in [1.165, 1.54) is 45.2 Å². The molecule has 0 radical (unpaired) electrons. The van der Waals surface area contributed by atoms with Crippen molar-refractivity contribution in [2.75, 3.05) is 26.7 Å². The monoisotopic (exact) mass is 296 g/mol. The Bertz CT molecular complexity index is 340. The zero-order valence-corrected chi connectivity index (χ0v) is 14.0. The summed E-state index contributed by atoms with van der Waals surface area (Å²) >= 11 is 0. The molecule has 4 heteroatoms. The summed E-state index contributed by atoms with van der Waals surface area (Å²) in [7, 11) is 1.85. The lowest BCUT2D eigenvalue weighted by Gasteiger charge is -2.27. The zero-order chi connectivity index (χ0) is 15.3. The highest BCUT2D eigenvalue weighted by atomic mass is 16.5. The summed E-state index contributed by atoms with van der Waals surface area (Å²) in [5.41, 5.74) is -0.531. The highest BCUT2D eigenvalue weighted by molar-refractivity contribution is 5.80. The Labute approximate surface area is 129 Å². The molecule has 0 aliphatic heterocycles. The maximum absolute atomic E-state index is 12.0. The second-order valence-electron chi connectivity index (χ2n) is 6.93. The Kier molecular flexibility index (Phi) is 6.06. The van der Waals surface area contributed by atoms with Crippen LogP contribution in [0.1, 0.15) is 58.8 Å². The minimum atomic E-state index is -0.531. The Morgan fingerprint density at radius 1 is 1.29 bits per heavy atom. The first-order valence-corrected chi connectivity index (χ1v) is 8.69. The lowest BCUT2D eigenvalue weighted by Crippen LogP contribution is -2.48. The fourth-order valence-electron chi connectivity index (χ4n) is 2.91. The van der Waals surface area contributed by atoms with E-state index in [1.54, 1.807) is 0 Å². The number of ether oxygens (including phenoxy) is 1. The van der Waals surface area contributed by atoms with Gasteiger partial charge >= 0.3 is 5.97 Å². The molecule has 0 amide bonds. The van der Waals surface area contributed by atoms with Crippen molar-refractivity contribution in [3.63, 3.8) is 0 Å². The number of nitrogens with one attached hydrogen (secondary N) is 1. The lowest BCUT2D eigenvalue weighted by atomic mass is 9.95. The predicted octanol–water partition coefficient (Wildman–Crippen LogP) is 2.57. The number of likely N-dealkylation sites (N-methyl/N-ethyl adjacent to an activating group) is 1. The van der Waals surface area contributed by atoms with Crippen LogP contribution in [0.25, 0.3) is 0 Å². The van der Waals surface area contributed by atoms with Crippen molar-refractivity contribution in [1.29, 1.82) is 0 Å². The van der Waals surface area contributed by atoms with E-state index in [0.29, 0.717) is 6.61 Å². The molecule has 0 heterocycles. The van der Waals surface area contributed by atoms with Crippen LogP contribution in [0.4, 0.5) is 0 Å². The van der Waals surface area contributed by atoms with Crippen LogP contribution in [-0.2, 0) is 9.53 Å². The summed E-state index contributed by atoms with van der Waals surface area (Å²) in [6.07, 6.45) is 8.76. The molecule has 0 aromatic rings. The zero-order valence-electron chi connectivity index (χ0n) is 14.0. The number of unbranched alkanes of at least 4 members (excludes halogenated alkanes) is 1. The molecule has 2 saturated carbocycles. The van der Waals surface area contributed by atoms with Gasteiger partial charge in [0.15, 0.2) is 0 Å². The topological polar surface area (TPSA) is 41.6 Å². The van der Waals surface area contributed by atoms with Gasteiger partial charge in [0.25, 0.3) is 0 Å². The standard InChI is InChI=1S/C17H32N2O2/c1-4-21-16(20)17(2,18-3)11-5-6-12-19(15-9-10-15)13-14-7-8-14/h14-15,18H,4-13H2,1-3H3. The van der Waals surface area contributed by atoms with Crippen molar-refractivity contribution in [2.24, 2.45) is 5.92 Å². The van der Waals surface area contributed by atoms with Gasteiger partial charge in [-0.1, -0.05) is 0 Å². The Hall–Kier alpha value is -0.610. The first-order valence-electron chi connectivity index (χ1n) is 8.69. The molecule has 1 atom stereocenters. The van der Waals surface area contributed by atoms with Gasteiger partial charge in [-0.2, -0.15) is 0 Å². The van der Waals surface area contributed by atoms with E-state index in [2.05, 4.69) is 10.2 Å². The average Bonchev–Trinajstić information content (AvgIpc) is 3.35. The van der Waals surface area contributed by atoms with Crippen LogP contribution in [-0.4, -0.2) is 49.2 Å². The number of hydrogen-bond acceptors (Lipinski definition) is 4. The van der Waals surface area contributed by atoms with Gasteiger partial charge in [-0.3, -0.25) is 4.79 Å². The number of esters is 1. The molecule has 0 spiro atoms. The molecule has 2 aliphatic carbocycles.